The Hall–Kier alpha value is -4.63. The van der Waals surface area contributed by atoms with E-state index >= 15 is 0 Å². The van der Waals surface area contributed by atoms with Gasteiger partial charge in [-0.25, -0.2) is 10.1 Å². The van der Waals surface area contributed by atoms with Crippen LogP contribution < -0.4 is 10.2 Å². The van der Waals surface area contributed by atoms with Gasteiger partial charge in [-0.1, -0.05) is 16.8 Å². The van der Waals surface area contributed by atoms with Crippen LogP contribution in [-0.4, -0.2) is 37.1 Å². The summed E-state index contributed by atoms with van der Waals surface area (Å²) < 4.78 is 7.53. The summed E-state index contributed by atoms with van der Waals surface area (Å²) in [6, 6.07) is 17.9. The molecule has 0 radical (unpaired) electrons. The highest BCUT2D eigenvalue weighted by Crippen LogP contribution is 2.23. The van der Waals surface area contributed by atoms with E-state index < -0.39 is 0 Å². The van der Waals surface area contributed by atoms with Crippen LogP contribution in [0.5, 0.6) is 5.75 Å². The highest BCUT2D eigenvalue weighted by molar-refractivity contribution is 6.31. The molecule has 0 bridgehead atoms. The van der Waals surface area contributed by atoms with Gasteiger partial charge in [0.1, 0.15) is 18.1 Å². The van der Waals surface area contributed by atoms with Gasteiger partial charge < -0.3 is 4.74 Å². The number of hydrogen-bond acceptors (Lipinski definition) is 7. The van der Waals surface area contributed by atoms with Gasteiger partial charge in [-0.15, -0.1) is 5.10 Å². The quantitative estimate of drug-likeness (QED) is 0.274. The standard InChI is InChI=1S/C25H18ClN7O2/c26-19-3-6-22-23(13-19)28-12-9-24(22)33-15-20(30-32-33)16-35-21-4-1-17(2-5-21)14-29-31-25(34)18-7-10-27-11-8-18/h1-15H,16H2,(H,31,34)/b29-14+. The summed E-state index contributed by atoms with van der Waals surface area (Å²) in [4.78, 5) is 20.2. The third-order valence-electron chi connectivity index (χ3n) is 5.06. The molecule has 0 aliphatic rings. The Morgan fingerprint density at radius 3 is 2.71 bits per heavy atom. The van der Waals surface area contributed by atoms with E-state index in [-0.39, 0.29) is 12.5 Å². The third-order valence-corrected chi connectivity index (χ3v) is 5.29. The molecular weight excluding hydrogens is 466 g/mol. The predicted molar refractivity (Wildman–Crippen MR) is 132 cm³/mol. The molecule has 10 heteroatoms. The van der Waals surface area contributed by atoms with Crippen LogP contribution in [0.4, 0.5) is 0 Å². The Morgan fingerprint density at radius 1 is 1.06 bits per heavy atom. The lowest BCUT2D eigenvalue weighted by molar-refractivity contribution is 0.0955. The van der Waals surface area contributed by atoms with Crippen LogP contribution in [0.15, 0.2) is 90.6 Å². The fraction of sp³-hybridized carbons (Fsp3) is 0.0400. The van der Waals surface area contributed by atoms with Gasteiger partial charge in [0.25, 0.3) is 5.91 Å². The molecule has 3 aromatic heterocycles. The molecule has 9 nitrogen and oxygen atoms in total. The molecule has 1 amide bonds. The van der Waals surface area contributed by atoms with E-state index in [2.05, 4.69) is 30.8 Å². The van der Waals surface area contributed by atoms with E-state index in [0.717, 1.165) is 22.2 Å². The first-order valence-corrected chi connectivity index (χ1v) is 11.0. The number of carbonyl (C=O) groups excluding carboxylic acids is 1. The lowest BCUT2D eigenvalue weighted by Crippen LogP contribution is -2.17. The number of halogens is 1. The van der Waals surface area contributed by atoms with Gasteiger partial charge in [0, 0.05) is 34.6 Å². The number of nitrogens with zero attached hydrogens (tertiary/aromatic N) is 6. The zero-order chi connectivity index (χ0) is 24.0. The topological polar surface area (TPSA) is 107 Å². The largest absolute Gasteiger partial charge is 0.487 e. The van der Waals surface area contributed by atoms with Crippen molar-refractivity contribution < 1.29 is 9.53 Å². The molecule has 0 spiro atoms. The van der Waals surface area contributed by atoms with E-state index in [1.54, 1.807) is 41.6 Å². The van der Waals surface area contributed by atoms with Crippen molar-refractivity contribution in [3.05, 3.63) is 107 Å². The molecule has 3 heterocycles. The van der Waals surface area contributed by atoms with Gasteiger partial charge in [-0.3, -0.25) is 14.8 Å². The van der Waals surface area contributed by atoms with Crippen molar-refractivity contribution in [2.75, 3.05) is 0 Å². The van der Waals surface area contributed by atoms with Gasteiger partial charge in [0.2, 0.25) is 0 Å². The molecule has 5 rings (SSSR count). The third kappa shape index (κ3) is 5.31. The van der Waals surface area contributed by atoms with E-state index in [4.69, 9.17) is 16.3 Å². The van der Waals surface area contributed by atoms with Crippen molar-refractivity contribution in [1.82, 2.24) is 30.4 Å². The first kappa shape index (κ1) is 22.2. The summed E-state index contributed by atoms with van der Waals surface area (Å²) in [7, 11) is 0. The molecular formula is C25H18ClN7O2. The van der Waals surface area contributed by atoms with Gasteiger partial charge in [-0.2, -0.15) is 5.10 Å². The number of benzene rings is 2. The van der Waals surface area contributed by atoms with Gasteiger partial charge in [0.05, 0.1) is 23.6 Å². The van der Waals surface area contributed by atoms with Crippen molar-refractivity contribution in [2.24, 2.45) is 5.10 Å². The van der Waals surface area contributed by atoms with Gasteiger partial charge >= 0.3 is 0 Å². The first-order chi connectivity index (χ1) is 17.2. The zero-order valence-corrected chi connectivity index (χ0v) is 19.0. The summed E-state index contributed by atoms with van der Waals surface area (Å²) in [6.07, 6.45) is 8.18. The summed E-state index contributed by atoms with van der Waals surface area (Å²) >= 11 is 6.07. The first-order valence-electron chi connectivity index (χ1n) is 10.6. The highest BCUT2D eigenvalue weighted by Gasteiger charge is 2.09. The molecule has 5 aromatic rings. The van der Waals surface area contributed by atoms with Crippen molar-refractivity contribution >= 4 is 34.6 Å². The average Bonchev–Trinajstić information content (AvgIpc) is 3.37. The molecule has 0 atom stereocenters. The Kier molecular flexibility index (Phi) is 6.40. The predicted octanol–water partition coefficient (Wildman–Crippen LogP) is 4.21. The summed E-state index contributed by atoms with van der Waals surface area (Å²) in [6.45, 7) is 0.254. The van der Waals surface area contributed by atoms with Crippen LogP contribution in [0.2, 0.25) is 5.02 Å². The van der Waals surface area contributed by atoms with Gasteiger partial charge in [0.15, 0.2) is 0 Å². The molecule has 172 valence electrons. The lowest BCUT2D eigenvalue weighted by Gasteiger charge is -2.05. The summed E-state index contributed by atoms with van der Waals surface area (Å²) in [5, 5.41) is 14.0. The van der Waals surface area contributed by atoms with Crippen molar-refractivity contribution in [3.63, 3.8) is 0 Å². The number of carbonyl (C=O) groups is 1. The average molecular weight is 484 g/mol. The van der Waals surface area contributed by atoms with Crippen molar-refractivity contribution in [1.29, 1.82) is 0 Å². The van der Waals surface area contributed by atoms with E-state index in [1.165, 1.54) is 0 Å². The number of pyridine rings is 2. The molecule has 2 aromatic carbocycles. The Morgan fingerprint density at radius 2 is 1.89 bits per heavy atom. The monoisotopic (exact) mass is 483 g/mol. The maximum atomic E-state index is 12.0. The number of hydrogen-bond donors (Lipinski definition) is 1. The maximum Gasteiger partial charge on any atom is 0.271 e. The fourth-order valence-corrected chi connectivity index (χ4v) is 3.50. The van der Waals surface area contributed by atoms with Crippen LogP contribution in [0.3, 0.4) is 0 Å². The minimum absolute atomic E-state index is 0.254. The van der Waals surface area contributed by atoms with Crippen LogP contribution >= 0.6 is 11.6 Å². The number of aromatic nitrogens is 5. The maximum absolute atomic E-state index is 12.0. The van der Waals surface area contributed by atoms with Crippen LogP contribution in [0, 0.1) is 0 Å². The Balaban J connectivity index is 1.19. The molecule has 1 N–H and O–H groups in total. The molecule has 0 saturated carbocycles. The van der Waals surface area contributed by atoms with Crippen molar-refractivity contribution in [2.45, 2.75) is 6.61 Å². The highest BCUT2D eigenvalue weighted by atomic mass is 35.5. The number of fused-ring (bicyclic) bond motifs is 1. The minimum atomic E-state index is -0.305. The van der Waals surface area contributed by atoms with Crippen LogP contribution in [0.1, 0.15) is 21.6 Å². The van der Waals surface area contributed by atoms with Crippen LogP contribution in [-0.2, 0) is 6.61 Å². The second-order valence-electron chi connectivity index (χ2n) is 7.44. The number of amides is 1. The Labute approximate surface area is 205 Å². The molecule has 0 saturated heterocycles. The number of ether oxygens (including phenoxy) is 1. The zero-order valence-electron chi connectivity index (χ0n) is 18.2. The Bertz CT molecular complexity index is 1500. The molecule has 0 aliphatic carbocycles. The smallest absolute Gasteiger partial charge is 0.271 e. The second-order valence-corrected chi connectivity index (χ2v) is 7.88. The normalized spacial score (nSPS) is 11.1. The number of rotatable bonds is 7. The number of nitrogens with one attached hydrogen (secondary N) is 1. The SMILES string of the molecule is O=C(N/N=C/c1ccc(OCc2cn(-c3ccnc4cc(Cl)ccc34)nn2)cc1)c1ccncc1. The molecule has 35 heavy (non-hydrogen) atoms. The molecule has 0 fully saturated rings. The molecule has 0 aliphatic heterocycles. The minimum Gasteiger partial charge on any atom is -0.487 e. The van der Waals surface area contributed by atoms with Crippen LogP contribution in [0.25, 0.3) is 16.6 Å². The van der Waals surface area contributed by atoms with Gasteiger partial charge in [-0.05, 0) is 66.2 Å². The summed E-state index contributed by atoms with van der Waals surface area (Å²) in [5.41, 5.74) is 6.08. The summed E-state index contributed by atoms with van der Waals surface area (Å²) in [5.74, 6) is 0.363. The van der Waals surface area contributed by atoms with E-state index in [9.17, 15) is 4.79 Å². The van der Waals surface area contributed by atoms with E-state index in [1.807, 2.05) is 54.7 Å². The fourth-order valence-electron chi connectivity index (χ4n) is 3.33. The second kappa shape index (κ2) is 10.1. The van der Waals surface area contributed by atoms with E-state index in [0.29, 0.717) is 22.0 Å². The number of hydrazone groups is 1. The van der Waals surface area contributed by atoms with Crippen molar-refractivity contribution in [3.8, 4) is 11.4 Å². The molecule has 0 unspecified atom stereocenters. The lowest BCUT2D eigenvalue weighted by atomic mass is 10.2.